The first-order chi connectivity index (χ1) is 28.6. The molecule has 334 valence electrons. The van der Waals surface area contributed by atoms with Crippen LogP contribution >= 0.6 is 34.8 Å². The van der Waals surface area contributed by atoms with E-state index in [4.69, 9.17) is 45.3 Å². The molecule has 0 saturated carbocycles. The number of carbonyl (C=O) groups excluding carboxylic acids is 2. The molecule has 0 atom stereocenters. The molecule has 2 N–H and O–H groups in total. The molecule has 0 amide bonds. The lowest BCUT2D eigenvalue weighted by Gasteiger charge is -2.13. The number of ether oxygens (including phenoxy) is 1. The van der Waals surface area contributed by atoms with Crippen LogP contribution in [0, 0.1) is 11.6 Å². The van der Waals surface area contributed by atoms with Gasteiger partial charge in [-0.25, -0.2) is 25.6 Å². The van der Waals surface area contributed by atoms with Crippen LogP contribution in [0.5, 0.6) is 0 Å². The van der Waals surface area contributed by atoms with Crippen LogP contribution in [0.4, 0.5) is 14.5 Å². The zero-order valence-corrected chi connectivity index (χ0v) is 39.1. The first kappa shape index (κ1) is 55.1. The van der Waals surface area contributed by atoms with E-state index in [2.05, 4.69) is 38.8 Å². The van der Waals surface area contributed by atoms with E-state index < -0.39 is 36.6 Å². The Kier molecular flexibility index (Phi) is 25.2. The number of ketones is 1. The van der Waals surface area contributed by atoms with Gasteiger partial charge in [0.05, 0.1) is 27.0 Å². The third kappa shape index (κ3) is 20.6. The number of halogens is 5. The van der Waals surface area contributed by atoms with Crippen LogP contribution < -0.4 is 5.73 Å². The Morgan fingerprint density at radius 2 is 1.10 bits per heavy atom. The monoisotopic (exact) mass is 942 g/mol. The molecule has 1 aliphatic heterocycles. The number of rotatable bonds is 13. The SMILES string of the molecule is C1CCOC1.C=C(C)C(=O)Cc1ccccc1S(=O)(=O)Cc1ccc(F)cc1Cl.C=C(C)C(=O)Cl.CCN(CC)CC.Nc1ccccc1S(=O)(=O)Cc1ccc(F)cc1Cl. The van der Waals surface area contributed by atoms with Crippen LogP contribution in [0.15, 0.2) is 119 Å². The molecule has 0 unspecified atom stereocenters. The quantitative estimate of drug-likeness (QED) is 0.0788. The second kappa shape index (κ2) is 27.9. The van der Waals surface area contributed by atoms with Gasteiger partial charge in [0.2, 0.25) is 5.24 Å². The predicted molar refractivity (Wildman–Crippen MR) is 245 cm³/mol. The number of Topliss-reactive ketones (excluding diaryl/α,β-unsaturated/α-hetero) is 1. The summed E-state index contributed by atoms with van der Waals surface area (Å²) in [5, 5.41) is -0.331. The van der Waals surface area contributed by atoms with Gasteiger partial charge in [-0.3, -0.25) is 9.59 Å². The van der Waals surface area contributed by atoms with E-state index in [0.29, 0.717) is 27.8 Å². The van der Waals surface area contributed by atoms with Crippen molar-refractivity contribution < 1.29 is 39.9 Å². The minimum Gasteiger partial charge on any atom is -0.398 e. The molecule has 16 heteroatoms. The van der Waals surface area contributed by atoms with Gasteiger partial charge in [0, 0.05) is 35.3 Å². The minimum atomic E-state index is -3.74. The summed E-state index contributed by atoms with van der Waals surface area (Å²) in [6.45, 7) is 22.1. The molecule has 9 nitrogen and oxygen atoms in total. The van der Waals surface area contributed by atoms with E-state index >= 15 is 0 Å². The summed E-state index contributed by atoms with van der Waals surface area (Å²) in [5.41, 5.74) is 7.63. The molecule has 1 fully saturated rings. The number of allylic oxidation sites excluding steroid dienone is 2. The highest BCUT2D eigenvalue weighted by Crippen LogP contribution is 2.27. The fourth-order valence-electron chi connectivity index (χ4n) is 5.06. The number of para-hydroxylation sites is 1. The standard InChI is InChI=1S/C18H16ClFO3S.C13H11ClFNO2S.C6H15N.C4H5ClO.C4H8O/c1-12(2)17(21)9-13-5-3-4-6-18(13)24(22,23)11-14-7-8-15(20)10-16(14)19;14-11-7-10(15)6-5-9(11)8-19(17,18)13-4-2-1-3-12(13)16;1-4-7(5-2)6-3;1-3(2)4(5)6;1-2-4-5-3-1/h3-8,10H,1,9,11H2,2H3;1-7H,8,16H2;4-6H2,1-3H3;1H2,2H3;1-4H2. The number of nitrogen functional groups attached to an aromatic ring is 1. The average molecular weight is 944 g/mol. The van der Waals surface area contributed by atoms with E-state index in [0.717, 1.165) is 31.4 Å². The van der Waals surface area contributed by atoms with Crippen LogP contribution in [-0.4, -0.2) is 65.6 Å². The van der Waals surface area contributed by atoms with Crippen molar-refractivity contribution in [1.82, 2.24) is 4.90 Å². The van der Waals surface area contributed by atoms with Gasteiger partial charge in [-0.05, 0) is 123 Å². The maximum absolute atomic E-state index is 13.1. The fraction of sp³-hybridized carbons (Fsp3) is 0.333. The normalized spacial score (nSPS) is 11.9. The summed E-state index contributed by atoms with van der Waals surface area (Å²) < 4.78 is 80.9. The van der Waals surface area contributed by atoms with Crippen molar-refractivity contribution in [2.45, 2.75) is 75.2 Å². The Hall–Kier alpha value is -3.95. The molecule has 0 aromatic heterocycles. The lowest BCUT2D eigenvalue weighted by Crippen LogP contribution is -2.21. The summed E-state index contributed by atoms with van der Waals surface area (Å²) in [4.78, 5) is 24.2. The molecule has 0 aliphatic carbocycles. The van der Waals surface area contributed by atoms with Gasteiger partial charge in [0.15, 0.2) is 25.5 Å². The predicted octanol–water partition coefficient (Wildman–Crippen LogP) is 10.6. The van der Waals surface area contributed by atoms with Gasteiger partial charge >= 0.3 is 0 Å². The lowest BCUT2D eigenvalue weighted by molar-refractivity contribution is -0.115. The van der Waals surface area contributed by atoms with E-state index in [-0.39, 0.29) is 49.2 Å². The van der Waals surface area contributed by atoms with Gasteiger partial charge < -0.3 is 15.4 Å². The molecule has 4 aromatic carbocycles. The van der Waals surface area contributed by atoms with Gasteiger partial charge in [-0.2, -0.15) is 0 Å². The molecule has 61 heavy (non-hydrogen) atoms. The Balaban J connectivity index is 0.000000440. The van der Waals surface area contributed by atoms with Crippen molar-refractivity contribution in [3.8, 4) is 0 Å². The highest BCUT2D eigenvalue weighted by molar-refractivity contribution is 7.91. The van der Waals surface area contributed by atoms with Crippen molar-refractivity contribution in [1.29, 1.82) is 0 Å². The van der Waals surface area contributed by atoms with Crippen molar-refractivity contribution in [3.05, 3.63) is 148 Å². The number of carbonyl (C=O) groups is 2. The maximum atomic E-state index is 13.1. The van der Waals surface area contributed by atoms with Crippen molar-refractivity contribution in [3.63, 3.8) is 0 Å². The highest BCUT2D eigenvalue weighted by atomic mass is 35.5. The first-order valence-corrected chi connectivity index (χ1v) is 23.6. The summed E-state index contributed by atoms with van der Waals surface area (Å²) in [7, 11) is -7.35. The third-order valence-corrected chi connectivity index (χ3v) is 13.1. The smallest absolute Gasteiger partial charge is 0.247 e. The van der Waals surface area contributed by atoms with Crippen molar-refractivity contribution >= 4 is 71.2 Å². The van der Waals surface area contributed by atoms with Gasteiger partial charge in [0.1, 0.15) is 11.6 Å². The molecule has 0 bridgehead atoms. The Morgan fingerprint density at radius 1 is 0.689 bits per heavy atom. The fourth-order valence-corrected chi connectivity index (χ4v) is 8.86. The van der Waals surface area contributed by atoms with Crippen molar-refractivity contribution in [2.24, 2.45) is 0 Å². The first-order valence-electron chi connectivity index (χ1n) is 19.2. The second-order valence-corrected chi connectivity index (χ2v) is 18.6. The number of hydrogen-bond acceptors (Lipinski definition) is 9. The number of benzene rings is 4. The molecule has 1 aliphatic rings. The van der Waals surface area contributed by atoms with Crippen LogP contribution in [0.2, 0.25) is 10.0 Å². The molecule has 4 aromatic rings. The zero-order valence-electron chi connectivity index (χ0n) is 35.2. The molecule has 0 radical (unpaired) electrons. The number of hydrogen-bond donors (Lipinski definition) is 1. The number of sulfone groups is 2. The second-order valence-electron chi connectivity index (χ2n) is 13.5. The molecular weight excluding hydrogens is 889 g/mol. The Labute approximate surface area is 375 Å². The number of anilines is 1. The number of nitrogens with zero attached hydrogens (tertiary/aromatic N) is 1. The largest absolute Gasteiger partial charge is 0.398 e. The third-order valence-electron chi connectivity index (χ3n) is 8.61. The highest BCUT2D eigenvalue weighted by Gasteiger charge is 2.22. The topological polar surface area (TPSA) is 141 Å². The Morgan fingerprint density at radius 3 is 1.44 bits per heavy atom. The zero-order chi connectivity index (χ0) is 46.3. The summed E-state index contributed by atoms with van der Waals surface area (Å²) in [6.07, 6.45) is 2.52. The molecule has 1 heterocycles. The van der Waals surface area contributed by atoms with Crippen LogP contribution in [0.1, 0.15) is 64.2 Å². The van der Waals surface area contributed by atoms with E-state index in [1.54, 1.807) is 44.2 Å². The maximum Gasteiger partial charge on any atom is 0.247 e. The Bertz CT molecular complexity index is 2280. The molecule has 5 rings (SSSR count). The molecule has 1 saturated heterocycles. The van der Waals surface area contributed by atoms with E-state index in [1.807, 2.05) is 0 Å². The van der Waals surface area contributed by atoms with Crippen molar-refractivity contribution in [2.75, 3.05) is 38.6 Å². The van der Waals surface area contributed by atoms with Crippen LogP contribution in [0.25, 0.3) is 0 Å². The summed E-state index contributed by atoms with van der Waals surface area (Å²) in [6, 6.07) is 19.7. The van der Waals surface area contributed by atoms with Crippen LogP contribution in [-0.2, 0) is 51.9 Å². The van der Waals surface area contributed by atoms with Crippen LogP contribution in [0.3, 0.4) is 0 Å². The van der Waals surface area contributed by atoms with Gasteiger partial charge in [0.25, 0.3) is 0 Å². The average Bonchev–Trinajstić information content (AvgIpc) is 3.80. The van der Waals surface area contributed by atoms with Gasteiger partial charge in [-0.15, -0.1) is 0 Å². The van der Waals surface area contributed by atoms with E-state index in [9.17, 15) is 35.2 Å². The molecular formula is C45H55Cl3F2N2O7S2. The molecule has 0 spiro atoms. The van der Waals surface area contributed by atoms with Gasteiger partial charge in [-0.1, -0.05) is 99.6 Å². The number of nitrogens with two attached hydrogens (primary N) is 1. The lowest BCUT2D eigenvalue weighted by atomic mass is 10.1. The minimum absolute atomic E-state index is 0.0398. The summed E-state index contributed by atoms with van der Waals surface area (Å²) in [5.74, 6) is -1.96. The van der Waals surface area contributed by atoms with E-state index in [1.165, 1.54) is 68.9 Å². The summed E-state index contributed by atoms with van der Waals surface area (Å²) >= 11 is 16.6.